The van der Waals surface area contributed by atoms with Gasteiger partial charge in [-0.15, -0.1) is 6.58 Å². The molecule has 3 aromatic rings. The number of hydrogen-bond donors (Lipinski definition) is 3. The SMILES string of the molecule is C=CCOCC(NC(=O)O)c1ncc(-c2cc3ccccc3nc2OC)[nH]1. The monoisotopic (exact) mass is 368 g/mol. The van der Waals surface area contributed by atoms with Crippen LogP contribution in [0.2, 0.25) is 0 Å². The number of pyridine rings is 1. The number of nitrogens with zero attached hydrogens (tertiary/aromatic N) is 2. The summed E-state index contributed by atoms with van der Waals surface area (Å²) in [7, 11) is 1.55. The van der Waals surface area contributed by atoms with Crippen molar-refractivity contribution in [3.8, 4) is 17.1 Å². The molecule has 0 bridgehead atoms. The van der Waals surface area contributed by atoms with E-state index in [1.165, 1.54) is 0 Å². The Balaban J connectivity index is 1.94. The second-order valence-electron chi connectivity index (χ2n) is 5.75. The van der Waals surface area contributed by atoms with Crippen molar-refractivity contribution in [3.05, 3.63) is 55.0 Å². The highest BCUT2D eigenvalue weighted by Gasteiger charge is 2.19. The summed E-state index contributed by atoms with van der Waals surface area (Å²) in [6.45, 7) is 4.01. The average Bonchev–Trinajstić information content (AvgIpc) is 3.16. The van der Waals surface area contributed by atoms with E-state index in [1.807, 2.05) is 30.3 Å². The highest BCUT2D eigenvalue weighted by molar-refractivity contribution is 5.85. The number of H-pyrrole nitrogens is 1. The van der Waals surface area contributed by atoms with Gasteiger partial charge in [-0.05, 0) is 12.1 Å². The van der Waals surface area contributed by atoms with Crippen LogP contribution in [0.5, 0.6) is 5.88 Å². The first-order valence-corrected chi connectivity index (χ1v) is 8.29. The van der Waals surface area contributed by atoms with Gasteiger partial charge in [0, 0.05) is 5.39 Å². The summed E-state index contributed by atoms with van der Waals surface area (Å²) in [5, 5.41) is 12.4. The Morgan fingerprint density at radius 1 is 1.44 bits per heavy atom. The predicted octanol–water partition coefficient (Wildman–Crippen LogP) is 3.14. The van der Waals surface area contributed by atoms with E-state index in [1.54, 1.807) is 19.4 Å². The van der Waals surface area contributed by atoms with Crippen LogP contribution in [0.4, 0.5) is 4.79 Å². The molecule has 0 aliphatic rings. The predicted molar refractivity (Wildman–Crippen MR) is 101 cm³/mol. The molecule has 0 aliphatic carbocycles. The lowest BCUT2D eigenvalue weighted by atomic mass is 10.1. The summed E-state index contributed by atoms with van der Waals surface area (Å²) in [6.07, 6.45) is 2.05. The average molecular weight is 368 g/mol. The van der Waals surface area contributed by atoms with E-state index >= 15 is 0 Å². The molecule has 0 fully saturated rings. The van der Waals surface area contributed by atoms with Crippen LogP contribution in [0.3, 0.4) is 0 Å². The maximum atomic E-state index is 11.1. The van der Waals surface area contributed by atoms with Gasteiger partial charge in [-0.3, -0.25) is 0 Å². The number of fused-ring (bicyclic) bond motifs is 1. The number of nitrogens with one attached hydrogen (secondary N) is 2. The van der Waals surface area contributed by atoms with E-state index in [4.69, 9.17) is 14.6 Å². The molecule has 1 atom stereocenters. The Labute approximate surface area is 155 Å². The summed E-state index contributed by atoms with van der Waals surface area (Å²) in [5.74, 6) is 0.890. The third kappa shape index (κ3) is 4.24. The lowest BCUT2D eigenvalue weighted by Crippen LogP contribution is -2.31. The van der Waals surface area contributed by atoms with Gasteiger partial charge in [0.25, 0.3) is 0 Å². The molecule has 0 saturated heterocycles. The maximum absolute atomic E-state index is 11.1. The fourth-order valence-electron chi connectivity index (χ4n) is 2.70. The van der Waals surface area contributed by atoms with Crippen LogP contribution in [0.15, 0.2) is 49.2 Å². The molecule has 0 aliphatic heterocycles. The molecule has 1 unspecified atom stereocenters. The van der Waals surface area contributed by atoms with Gasteiger partial charge in [0.15, 0.2) is 0 Å². The number of hydrogen-bond acceptors (Lipinski definition) is 5. The van der Waals surface area contributed by atoms with E-state index in [0.29, 0.717) is 24.0 Å². The van der Waals surface area contributed by atoms with Crippen molar-refractivity contribution >= 4 is 17.0 Å². The summed E-state index contributed by atoms with van der Waals surface area (Å²) < 4.78 is 10.8. The Hall–Kier alpha value is -3.39. The van der Waals surface area contributed by atoms with Crippen LogP contribution >= 0.6 is 0 Å². The fraction of sp³-hybridized carbons (Fsp3) is 0.211. The molecular weight excluding hydrogens is 348 g/mol. The van der Waals surface area contributed by atoms with Gasteiger partial charge in [0.05, 0.1) is 43.3 Å². The Bertz CT molecular complexity index is 954. The molecule has 0 radical (unpaired) electrons. The van der Waals surface area contributed by atoms with Crippen molar-refractivity contribution in [2.75, 3.05) is 20.3 Å². The zero-order valence-electron chi connectivity index (χ0n) is 14.8. The number of methoxy groups -OCH3 is 1. The van der Waals surface area contributed by atoms with Crippen LogP contribution in [0.1, 0.15) is 11.9 Å². The van der Waals surface area contributed by atoms with Gasteiger partial charge in [-0.1, -0.05) is 24.3 Å². The molecule has 27 heavy (non-hydrogen) atoms. The number of imidazole rings is 1. The summed E-state index contributed by atoms with van der Waals surface area (Å²) in [5.41, 5.74) is 2.22. The van der Waals surface area contributed by atoms with E-state index in [0.717, 1.165) is 16.5 Å². The Morgan fingerprint density at radius 2 is 2.26 bits per heavy atom. The number of ether oxygens (including phenoxy) is 2. The molecule has 2 heterocycles. The second kappa shape index (κ2) is 8.33. The molecule has 1 aromatic carbocycles. The van der Waals surface area contributed by atoms with Crippen molar-refractivity contribution in [2.24, 2.45) is 0 Å². The van der Waals surface area contributed by atoms with Crippen LogP contribution in [0.25, 0.3) is 22.2 Å². The maximum Gasteiger partial charge on any atom is 0.405 e. The number of aromatic nitrogens is 3. The van der Waals surface area contributed by atoms with Gasteiger partial charge in [0.1, 0.15) is 11.9 Å². The molecular formula is C19H20N4O4. The molecule has 8 nitrogen and oxygen atoms in total. The van der Waals surface area contributed by atoms with Crippen LogP contribution < -0.4 is 10.1 Å². The summed E-state index contributed by atoms with van der Waals surface area (Å²) in [4.78, 5) is 23.0. The lowest BCUT2D eigenvalue weighted by Gasteiger charge is -2.14. The number of aromatic amines is 1. The topological polar surface area (TPSA) is 109 Å². The van der Waals surface area contributed by atoms with Gasteiger partial charge in [-0.2, -0.15) is 0 Å². The minimum atomic E-state index is -1.16. The number of benzene rings is 1. The third-order valence-electron chi connectivity index (χ3n) is 3.92. The smallest absolute Gasteiger partial charge is 0.405 e. The molecule has 1 amide bonds. The lowest BCUT2D eigenvalue weighted by molar-refractivity contribution is 0.127. The minimum Gasteiger partial charge on any atom is -0.480 e. The fourth-order valence-corrected chi connectivity index (χ4v) is 2.70. The van der Waals surface area contributed by atoms with Gasteiger partial charge in [0.2, 0.25) is 5.88 Å². The van der Waals surface area contributed by atoms with Crippen molar-refractivity contribution in [1.82, 2.24) is 20.3 Å². The van der Waals surface area contributed by atoms with E-state index in [2.05, 4.69) is 26.8 Å². The second-order valence-corrected chi connectivity index (χ2v) is 5.75. The minimum absolute atomic E-state index is 0.123. The quantitative estimate of drug-likeness (QED) is 0.416. The van der Waals surface area contributed by atoms with Crippen LogP contribution in [-0.4, -0.2) is 46.5 Å². The highest BCUT2D eigenvalue weighted by Crippen LogP contribution is 2.31. The van der Waals surface area contributed by atoms with Gasteiger partial charge in [-0.25, -0.2) is 14.8 Å². The van der Waals surface area contributed by atoms with Crippen LogP contribution in [0, 0.1) is 0 Å². The molecule has 2 aromatic heterocycles. The highest BCUT2D eigenvalue weighted by atomic mass is 16.5. The van der Waals surface area contributed by atoms with E-state index in [-0.39, 0.29) is 6.61 Å². The van der Waals surface area contributed by atoms with Crippen molar-refractivity contribution < 1.29 is 19.4 Å². The standard InChI is InChI=1S/C19H20N4O4/c1-3-8-27-11-16(23-19(24)25)17-20-10-15(21-17)13-9-12-6-4-5-7-14(12)22-18(13)26-2/h3-7,9-10,16,23H,1,8,11H2,2H3,(H,20,21)(H,24,25). The molecule has 3 N–H and O–H groups in total. The zero-order valence-corrected chi connectivity index (χ0v) is 14.8. The molecule has 3 rings (SSSR count). The normalized spacial score (nSPS) is 11.9. The summed E-state index contributed by atoms with van der Waals surface area (Å²) in [6, 6.07) is 9.02. The molecule has 0 saturated carbocycles. The van der Waals surface area contributed by atoms with Crippen LogP contribution in [-0.2, 0) is 4.74 Å². The van der Waals surface area contributed by atoms with E-state index in [9.17, 15) is 4.79 Å². The Morgan fingerprint density at radius 3 is 3.00 bits per heavy atom. The molecule has 0 spiro atoms. The van der Waals surface area contributed by atoms with E-state index < -0.39 is 12.1 Å². The first-order chi connectivity index (χ1) is 13.1. The largest absolute Gasteiger partial charge is 0.480 e. The van der Waals surface area contributed by atoms with Crippen molar-refractivity contribution in [2.45, 2.75) is 6.04 Å². The Kier molecular flexibility index (Phi) is 5.68. The molecule has 140 valence electrons. The summed E-state index contributed by atoms with van der Waals surface area (Å²) >= 11 is 0. The van der Waals surface area contributed by atoms with Gasteiger partial charge < -0.3 is 24.9 Å². The zero-order chi connectivity index (χ0) is 19.2. The number of rotatable bonds is 8. The first kappa shape index (κ1) is 18.4. The third-order valence-corrected chi connectivity index (χ3v) is 3.92. The number of carboxylic acid groups (broad SMARTS) is 1. The number of para-hydroxylation sites is 1. The van der Waals surface area contributed by atoms with Crippen molar-refractivity contribution in [1.29, 1.82) is 0 Å². The first-order valence-electron chi connectivity index (χ1n) is 8.29. The number of carbonyl (C=O) groups is 1. The van der Waals surface area contributed by atoms with Crippen molar-refractivity contribution in [3.63, 3.8) is 0 Å². The molecule has 8 heteroatoms. The number of amides is 1. The van der Waals surface area contributed by atoms with Gasteiger partial charge >= 0.3 is 6.09 Å².